The fraction of sp³-hybridized carbons (Fsp3) is 0.400. The third-order valence-electron chi connectivity index (χ3n) is 1.66. The van der Waals surface area contributed by atoms with Crippen molar-refractivity contribution in [3.63, 3.8) is 0 Å². The van der Waals surface area contributed by atoms with Crippen LogP contribution < -0.4 is 10.5 Å². The molecule has 0 heterocycles. The van der Waals surface area contributed by atoms with Gasteiger partial charge in [-0.1, -0.05) is 0 Å². The summed E-state index contributed by atoms with van der Waals surface area (Å²) in [6, 6.07) is 5.73. The lowest BCUT2D eigenvalue weighted by Crippen LogP contribution is -2.07. The topological polar surface area (TPSA) is 44.5 Å². The molecule has 0 spiro atoms. The van der Waals surface area contributed by atoms with Gasteiger partial charge in [0.25, 0.3) is 0 Å². The normalized spacial score (nSPS) is 10.1. The summed E-state index contributed by atoms with van der Waals surface area (Å²) in [6.45, 7) is 3.81. The van der Waals surface area contributed by atoms with Crippen molar-refractivity contribution in [1.29, 1.82) is 0 Å². The van der Waals surface area contributed by atoms with E-state index in [9.17, 15) is 0 Å². The third-order valence-corrected chi connectivity index (χ3v) is 2.33. The molecular weight excluding hydrogens is 293 g/mol. The van der Waals surface area contributed by atoms with Crippen molar-refractivity contribution < 1.29 is 9.47 Å². The van der Waals surface area contributed by atoms with Crippen LogP contribution in [-0.4, -0.2) is 19.8 Å². The predicted molar refractivity (Wildman–Crippen MR) is 65.6 cm³/mol. The molecule has 0 aliphatic carbocycles. The van der Waals surface area contributed by atoms with Crippen LogP contribution in [0, 0.1) is 3.57 Å². The van der Waals surface area contributed by atoms with Gasteiger partial charge in [0.05, 0.1) is 12.3 Å². The molecule has 1 aromatic carbocycles. The highest BCUT2D eigenvalue weighted by Crippen LogP contribution is 2.22. The molecule has 0 radical (unpaired) electrons. The third kappa shape index (κ3) is 3.71. The largest absolute Gasteiger partial charge is 0.489 e. The van der Waals surface area contributed by atoms with E-state index in [1.807, 2.05) is 25.1 Å². The molecular formula is C10H14INO2. The number of anilines is 1. The molecule has 0 fully saturated rings. The molecule has 78 valence electrons. The summed E-state index contributed by atoms with van der Waals surface area (Å²) in [7, 11) is 0. The van der Waals surface area contributed by atoms with Gasteiger partial charge >= 0.3 is 0 Å². The first-order chi connectivity index (χ1) is 6.74. The molecule has 14 heavy (non-hydrogen) atoms. The minimum atomic E-state index is 0.540. The number of hydrogen-bond acceptors (Lipinski definition) is 3. The summed E-state index contributed by atoms with van der Waals surface area (Å²) in [5.74, 6) is 0.727. The van der Waals surface area contributed by atoms with Crippen LogP contribution >= 0.6 is 22.6 Å². The lowest BCUT2D eigenvalue weighted by atomic mass is 10.3. The first-order valence-corrected chi connectivity index (χ1v) is 5.57. The summed E-state index contributed by atoms with van der Waals surface area (Å²) < 4.78 is 11.7. The highest BCUT2D eigenvalue weighted by molar-refractivity contribution is 14.1. The summed E-state index contributed by atoms with van der Waals surface area (Å²) in [4.78, 5) is 0. The quantitative estimate of drug-likeness (QED) is 0.516. The second-order valence-corrected chi connectivity index (χ2v) is 3.97. The van der Waals surface area contributed by atoms with Crippen LogP contribution in [0.15, 0.2) is 18.2 Å². The zero-order valence-corrected chi connectivity index (χ0v) is 10.3. The van der Waals surface area contributed by atoms with Crippen molar-refractivity contribution in [1.82, 2.24) is 0 Å². The highest BCUT2D eigenvalue weighted by Gasteiger charge is 1.99. The lowest BCUT2D eigenvalue weighted by molar-refractivity contribution is 0.110. The van der Waals surface area contributed by atoms with E-state index in [4.69, 9.17) is 15.2 Å². The Morgan fingerprint density at radius 1 is 1.36 bits per heavy atom. The Hall–Kier alpha value is -0.490. The Kier molecular flexibility index (Phi) is 5.03. The Labute approximate surface area is 97.7 Å². The number of halogens is 1. The van der Waals surface area contributed by atoms with Crippen LogP contribution in [0.1, 0.15) is 6.92 Å². The lowest BCUT2D eigenvalue weighted by Gasteiger charge is -2.08. The molecule has 2 N–H and O–H groups in total. The number of rotatable bonds is 5. The maximum atomic E-state index is 5.77. The first kappa shape index (κ1) is 11.6. The van der Waals surface area contributed by atoms with Gasteiger partial charge in [0.1, 0.15) is 12.4 Å². The highest BCUT2D eigenvalue weighted by atomic mass is 127. The van der Waals surface area contributed by atoms with Crippen molar-refractivity contribution in [3.8, 4) is 5.75 Å². The van der Waals surface area contributed by atoms with Crippen LogP contribution in [0.25, 0.3) is 0 Å². The first-order valence-electron chi connectivity index (χ1n) is 4.49. The molecule has 0 aromatic heterocycles. The number of nitrogens with two attached hydrogens (primary N) is 1. The van der Waals surface area contributed by atoms with Crippen molar-refractivity contribution in [2.75, 3.05) is 25.6 Å². The second kappa shape index (κ2) is 6.08. The molecule has 0 saturated heterocycles. The summed E-state index contributed by atoms with van der Waals surface area (Å²) in [5.41, 5.74) is 6.44. The van der Waals surface area contributed by atoms with Crippen LogP contribution in [0.3, 0.4) is 0 Å². The van der Waals surface area contributed by atoms with Crippen LogP contribution in [0.2, 0.25) is 0 Å². The molecule has 3 nitrogen and oxygen atoms in total. The fourth-order valence-electron chi connectivity index (χ4n) is 1.01. The Morgan fingerprint density at radius 2 is 2.14 bits per heavy atom. The Morgan fingerprint density at radius 3 is 2.79 bits per heavy atom. The van der Waals surface area contributed by atoms with Gasteiger partial charge in [0.2, 0.25) is 0 Å². The molecule has 1 aromatic rings. The zero-order valence-electron chi connectivity index (χ0n) is 8.13. The van der Waals surface area contributed by atoms with Crippen LogP contribution in [0.4, 0.5) is 5.69 Å². The molecule has 0 aliphatic heterocycles. The summed E-state index contributed by atoms with van der Waals surface area (Å²) in [5, 5.41) is 0. The van der Waals surface area contributed by atoms with Gasteiger partial charge in [-0.05, 0) is 47.7 Å². The SMILES string of the molecule is CCOCCOc1ccc(I)cc1N. The van der Waals surface area contributed by atoms with E-state index in [2.05, 4.69) is 22.6 Å². The summed E-state index contributed by atoms with van der Waals surface area (Å²) in [6.07, 6.45) is 0. The predicted octanol–water partition coefficient (Wildman–Crippen LogP) is 2.29. The fourth-order valence-corrected chi connectivity index (χ4v) is 1.52. The minimum Gasteiger partial charge on any atom is -0.489 e. The van der Waals surface area contributed by atoms with E-state index in [0.717, 1.165) is 9.32 Å². The van der Waals surface area contributed by atoms with Crippen LogP contribution in [-0.2, 0) is 4.74 Å². The van der Waals surface area contributed by atoms with Gasteiger partial charge in [0, 0.05) is 10.2 Å². The number of benzene rings is 1. The van der Waals surface area contributed by atoms with E-state index in [1.165, 1.54) is 0 Å². The Balaban J connectivity index is 2.42. The standard InChI is InChI=1S/C10H14INO2/c1-2-13-5-6-14-10-4-3-8(11)7-9(10)12/h3-4,7H,2,5-6,12H2,1H3. The van der Waals surface area contributed by atoms with E-state index >= 15 is 0 Å². The summed E-state index contributed by atoms with van der Waals surface area (Å²) >= 11 is 2.21. The second-order valence-electron chi connectivity index (χ2n) is 2.73. The average Bonchev–Trinajstić information content (AvgIpc) is 2.15. The molecule has 4 heteroatoms. The van der Waals surface area contributed by atoms with Gasteiger partial charge in [0.15, 0.2) is 0 Å². The molecule has 1 rings (SSSR count). The van der Waals surface area contributed by atoms with E-state index < -0.39 is 0 Å². The minimum absolute atomic E-state index is 0.540. The molecule has 0 aliphatic rings. The molecule has 0 bridgehead atoms. The van der Waals surface area contributed by atoms with Crippen molar-refractivity contribution in [3.05, 3.63) is 21.8 Å². The van der Waals surface area contributed by atoms with Crippen molar-refractivity contribution in [2.24, 2.45) is 0 Å². The van der Waals surface area contributed by atoms with Gasteiger partial charge in [-0.2, -0.15) is 0 Å². The van der Waals surface area contributed by atoms with Crippen LogP contribution in [0.5, 0.6) is 5.75 Å². The zero-order chi connectivity index (χ0) is 10.4. The van der Waals surface area contributed by atoms with Gasteiger partial charge < -0.3 is 15.2 Å². The van der Waals surface area contributed by atoms with Gasteiger partial charge in [-0.3, -0.25) is 0 Å². The molecule has 0 amide bonds. The maximum absolute atomic E-state index is 5.77. The van der Waals surface area contributed by atoms with Gasteiger partial charge in [-0.15, -0.1) is 0 Å². The Bertz CT molecular complexity index is 291. The van der Waals surface area contributed by atoms with Crippen molar-refractivity contribution in [2.45, 2.75) is 6.92 Å². The van der Waals surface area contributed by atoms with E-state index in [-0.39, 0.29) is 0 Å². The van der Waals surface area contributed by atoms with Crippen molar-refractivity contribution >= 4 is 28.3 Å². The van der Waals surface area contributed by atoms with E-state index in [0.29, 0.717) is 25.5 Å². The van der Waals surface area contributed by atoms with E-state index in [1.54, 1.807) is 0 Å². The number of nitrogen functional groups attached to an aromatic ring is 1. The monoisotopic (exact) mass is 307 g/mol. The maximum Gasteiger partial charge on any atom is 0.142 e. The molecule has 0 saturated carbocycles. The number of hydrogen-bond donors (Lipinski definition) is 1. The van der Waals surface area contributed by atoms with Gasteiger partial charge in [-0.25, -0.2) is 0 Å². The average molecular weight is 307 g/mol. The molecule has 0 unspecified atom stereocenters. The molecule has 0 atom stereocenters. The smallest absolute Gasteiger partial charge is 0.142 e. The number of ether oxygens (including phenoxy) is 2.